The molecule has 0 saturated carbocycles. The highest BCUT2D eigenvalue weighted by Gasteiger charge is 2.20. The number of aromatic carboxylic acids is 1. The van der Waals surface area contributed by atoms with Gasteiger partial charge in [-0.15, -0.1) is 10.1 Å². The van der Waals surface area contributed by atoms with Gasteiger partial charge in [0.15, 0.2) is 0 Å². The Bertz CT molecular complexity index is 1400. The lowest BCUT2D eigenvalue weighted by molar-refractivity contribution is -0.111. The summed E-state index contributed by atoms with van der Waals surface area (Å²) in [4.78, 5) is 63.3. The molecule has 3 aromatic heterocycles. The van der Waals surface area contributed by atoms with Gasteiger partial charge in [-0.1, -0.05) is 53.4 Å². The number of rotatable bonds is 19. The summed E-state index contributed by atoms with van der Waals surface area (Å²) in [6.45, 7) is 10.8. The monoisotopic (exact) mass is 619 g/mol. The van der Waals surface area contributed by atoms with Crippen LogP contribution in [0.5, 0.6) is 0 Å². The standard InChI is InChI=1S/C34H45N5O6/c1-5-9-17-38(18-10-6-2)44-33(42)26-14-16-36-29(22-26)31-24-27(34(43)45-39(19-11-7-3)20-12-8-4)23-30(37-31)28-21-25(32(40)41)13-15-35-28/h13-16,21-24H,5-12,17-20H2,1-4H3,(H,40,41). The molecule has 0 aliphatic carbocycles. The molecule has 0 aliphatic heterocycles. The van der Waals surface area contributed by atoms with Crippen LogP contribution >= 0.6 is 0 Å². The number of hydroxylamine groups is 4. The minimum Gasteiger partial charge on any atom is -0.478 e. The van der Waals surface area contributed by atoms with Crippen molar-refractivity contribution in [2.24, 2.45) is 0 Å². The van der Waals surface area contributed by atoms with Crippen molar-refractivity contribution >= 4 is 17.9 Å². The summed E-state index contributed by atoms with van der Waals surface area (Å²) >= 11 is 0. The van der Waals surface area contributed by atoms with Gasteiger partial charge in [-0.25, -0.2) is 19.4 Å². The van der Waals surface area contributed by atoms with Crippen molar-refractivity contribution in [3.63, 3.8) is 0 Å². The Kier molecular flexibility index (Phi) is 14.5. The van der Waals surface area contributed by atoms with Gasteiger partial charge in [0.25, 0.3) is 0 Å². The molecule has 0 aromatic carbocycles. The van der Waals surface area contributed by atoms with E-state index in [9.17, 15) is 19.5 Å². The third kappa shape index (κ3) is 11.0. The second kappa shape index (κ2) is 18.6. The van der Waals surface area contributed by atoms with Crippen molar-refractivity contribution in [3.8, 4) is 22.8 Å². The van der Waals surface area contributed by atoms with E-state index in [0.717, 1.165) is 51.4 Å². The SMILES string of the molecule is CCCCN(CCCC)OC(=O)c1ccnc(-c2cc(C(=O)ON(CCCC)CCCC)cc(-c3cc(C(=O)O)ccn3)n2)c1. The molecule has 3 aromatic rings. The normalized spacial score (nSPS) is 11.2. The summed E-state index contributed by atoms with van der Waals surface area (Å²) in [5.74, 6) is -2.21. The topological polar surface area (TPSA) is 135 Å². The molecule has 3 heterocycles. The van der Waals surface area contributed by atoms with E-state index in [1.54, 1.807) is 28.3 Å². The zero-order valence-electron chi connectivity index (χ0n) is 26.8. The Hall–Kier alpha value is -4.22. The molecule has 0 bridgehead atoms. The van der Waals surface area contributed by atoms with Crippen molar-refractivity contribution in [2.75, 3.05) is 26.2 Å². The average molecular weight is 620 g/mol. The van der Waals surface area contributed by atoms with Crippen molar-refractivity contribution in [3.05, 3.63) is 65.5 Å². The first-order valence-electron chi connectivity index (χ1n) is 15.9. The Labute approximate surface area is 265 Å². The van der Waals surface area contributed by atoms with Gasteiger partial charge in [0.1, 0.15) is 0 Å². The summed E-state index contributed by atoms with van der Waals surface area (Å²) in [6.07, 6.45) is 10.3. The highest BCUT2D eigenvalue weighted by atomic mass is 16.7. The van der Waals surface area contributed by atoms with Crippen LogP contribution in [0, 0.1) is 0 Å². The van der Waals surface area contributed by atoms with Gasteiger partial charge in [0.2, 0.25) is 0 Å². The highest BCUT2D eigenvalue weighted by Crippen LogP contribution is 2.25. The van der Waals surface area contributed by atoms with E-state index in [1.165, 1.54) is 30.6 Å². The van der Waals surface area contributed by atoms with Crippen LogP contribution in [0.2, 0.25) is 0 Å². The van der Waals surface area contributed by atoms with Gasteiger partial charge in [0, 0.05) is 38.6 Å². The van der Waals surface area contributed by atoms with Crippen molar-refractivity contribution in [1.82, 2.24) is 25.1 Å². The van der Waals surface area contributed by atoms with Crippen molar-refractivity contribution in [2.45, 2.75) is 79.1 Å². The molecule has 11 nitrogen and oxygen atoms in total. The number of carboxylic acid groups (broad SMARTS) is 1. The molecule has 0 unspecified atom stereocenters. The first-order valence-corrected chi connectivity index (χ1v) is 15.9. The third-order valence-corrected chi connectivity index (χ3v) is 7.06. The molecule has 3 rings (SSSR count). The zero-order chi connectivity index (χ0) is 32.6. The molecule has 242 valence electrons. The number of unbranched alkanes of at least 4 members (excludes halogenated alkanes) is 4. The molecule has 0 fully saturated rings. The number of carbonyl (C=O) groups excluding carboxylic acids is 2. The number of pyridine rings is 3. The number of aromatic nitrogens is 3. The van der Waals surface area contributed by atoms with E-state index in [0.29, 0.717) is 37.6 Å². The smallest absolute Gasteiger partial charge is 0.357 e. The Morgan fingerprint density at radius 2 is 0.978 bits per heavy atom. The molecule has 0 amide bonds. The Morgan fingerprint density at radius 3 is 1.40 bits per heavy atom. The summed E-state index contributed by atoms with van der Waals surface area (Å²) < 4.78 is 0. The average Bonchev–Trinajstić information content (AvgIpc) is 3.06. The zero-order valence-corrected chi connectivity index (χ0v) is 26.8. The number of hydrogen-bond donors (Lipinski definition) is 1. The van der Waals surface area contributed by atoms with Crippen LogP contribution in [-0.4, -0.2) is 74.3 Å². The van der Waals surface area contributed by atoms with E-state index < -0.39 is 17.9 Å². The number of carboxylic acids is 1. The summed E-state index contributed by atoms with van der Waals surface area (Å²) in [6, 6.07) is 8.98. The lowest BCUT2D eigenvalue weighted by Crippen LogP contribution is -2.29. The van der Waals surface area contributed by atoms with Crippen LogP contribution in [0.1, 0.15) is 110 Å². The summed E-state index contributed by atoms with van der Waals surface area (Å²) in [5, 5.41) is 12.9. The van der Waals surface area contributed by atoms with Gasteiger partial charge >= 0.3 is 17.9 Å². The molecule has 45 heavy (non-hydrogen) atoms. The predicted octanol–water partition coefficient (Wildman–Crippen LogP) is 6.85. The maximum Gasteiger partial charge on any atom is 0.357 e. The number of carbonyl (C=O) groups is 3. The van der Waals surface area contributed by atoms with Crippen LogP contribution in [-0.2, 0) is 9.68 Å². The van der Waals surface area contributed by atoms with Gasteiger partial charge in [-0.2, -0.15) is 0 Å². The number of nitrogens with zero attached hydrogens (tertiary/aromatic N) is 5. The predicted molar refractivity (Wildman–Crippen MR) is 171 cm³/mol. The molecule has 0 atom stereocenters. The number of hydrogen-bond acceptors (Lipinski definition) is 10. The highest BCUT2D eigenvalue weighted by molar-refractivity contribution is 5.93. The van der Waals surface area contributed by atoms with Crippen LogP contribution < -0.4 is 0 Å². The van der Waals surface area contributed by atoms with Crippen LogP contribution in [0.25, 0.3) is 22.8 Å². The summed E-state index contributed by atoms with van der Waals surface area (Å²) in [5.41, 5.74) is 1.65. The van der Waals surface area contributed by atoms with Crippen LogP contribution in [0.4, 0.5) is 0 Å². The molecule has 0 saturated heterocycles. The van der Waals surface area contributed by atoms with Crippen LogP contribution in [0.15, 0.2) is 48.8 Å². The van der Waals surface area contributed by atoms with E-state index in [4.69, 9.17) is 9.68 Å². The van der Waals surface area contributed by atoms with Crippen molar-refractivity contribution < 1.29 is 29.2 Å². The second-order valence-electron chi connectivity index (χ2n) is 10.8. The lowest BCUT2D eigenvalue weighted by Gasteiger charge is -2.21. The summed E-state index contributed by atoms with van der Waals surface area (Å²) in [7, 11) is 0. The van der Waals surface area contributed by atoms with E-state index in [2.05, 4.69) is 42.6 Å². The molecule has 0 radical (unpaired) electrons. The maximum absolute atomic E-state index is 13.5. The lowest BCUT2D eigenvalue weighted by atomic mass is 10.1. The van der Waals surface area contributed by atoms with Crippen molar-refractivity contribution in [1.29, 1.82) is 0 Å². The van der Waals surface area contributed by atoms with E-state index in [-0.39, 0.29) is 28.1 Å². The molecule has 11 heteroatoms. The first kappa shape index (κ1) is 35.3. The fourth-order valence-electron chi connectivity index (χ4n) is 4.40. The fraction of sp³-hybridized carbons (Fsp3) is 0.471. The molecule has 0 spiro atoms. The quantitative estimate of drug-likeness (QED) is 0.141. The molecule has 0 aliphatic rings. The Morgan fingerprint density at radius 1 is 0.600 bits per heavy atom. The van der Waals surface area contributed by atoms with Gasteiger partial charge in [-0.3, -0.25) is 9.97 Å². The third-order valence-electron chi connectivity index (χ3n) is 7.06. The van der Waals surface area contributed by atoms with Gasteiger partial charge in [-0.05, 0) is 62.1 Å². The molecular formula is C34H45N5O6. The molecular weight excluding hydrogens is 574 g/mol. The van der Waals surface area contributed by atoms with Gasteiger partial charge < -0.3 is 14.8 Å². The second-order valence-corrected chi connectivity index (χ2v) is 10.8. The van der Waals surface area contributed by atoms with Gasteiger partial charge in [0.05, 0.1) is 39.5 Å². The van der Waals surface area contributed by atoms with Crippen LogP contribution in [0.3, 0.4) is 0 Å². The minimum atomic E-state index is -1.11. The first-order chi connectivity index (χ1) is 21.8. The Balaban J connectivity index is 2.01. The van der Waals surface area contributed by atoms with E-state index >= 15 is 0 Å². The molecule has 1 N–H and O–H groups in total. The largest absolute Gasteiger partial charge is 0.478 e. The van der Waals surface area contributed by atoms with E-state index in [1.807, 2.05) is 0 Å². The fourth-order valence-corrected chi connectivity index (χ4v) is 4.40. The maximum atomic E-state index is 13.5. The minimum absolute atomic E-state index is 0.0280.